The normalized spacial score (nSPS) is 13.1. The summed E-state index contributed by atoms with van der Waals surface area (Å²) in [5, 5.41) is 20.5. The maximum Gasteiger partial charge on any atom is 0.416 e. The van der Waals surface area contributed by atoms with Gasteiger partial charge in [0.1, 0.15) is 0 Å². The Hall–Kier alpha value is -1.47. The molecule has 0 aliphatic heterocycles. The first-order chi connectivity index (χ1) is 8.75. The molecule has 4 nitrogen and oxygen atoms in total. The third kappa shape index (κ3) is 4.29. The van der Waals surface area contributed by atoms with Crippen molar-refractivity contribution >= 4 is 23.3 Å². The van der Waals surface area contributed by atoms with Crippen molar-refractivity contribution in [3.63, 3.8) is 0 Å². The van der Waals surface area contributed by atoms with Crippen LogP contribution in [0.1, 0.15) is 15.9 Å². The van der Waals surface area contributed by atoms with Crippen molar-refractivity contribution < 1.29 is 28.2 Å². The zero-order chi connectivity index (χ0) is 14.6. The van der Waals surface area contributed by atoms with Crippen molar-refractivity contribution in [2.75, 3.05) is 17.7 Å². The van der Waals surface area contributed by atoms with E-state index in [2.05, 4.69) is 5.32 Å². The Morgan fingerprint density at radius 2 is 2.05 bits per heavy atom. The van der Waals surface area contributed by atoms with Crippen molar-refractivity contribution in [2.24, 2.45) is 0 Å². The molecule has 0 amide bonds. The minimum Gasteiger partial charge on any atom is -0.478 e. The van der Waals surface area contributed by atoms with Gasteiger partial charge in [-0.2, -0.15) is 13.2 Å². The van der Waals surface area contributed by atoms with Crippen LogP contribution in [0.25, 0.3) is 0 Å². The van der Waals surface area contributed by atoms with Crippen LogP contribution >= 0.6 is 11.6 Å². The Labute approximate surface area is 111 Å². The van der Waals surface area contributed by atoms with Gasteiger partial charge in [0.25, 0.3) is 0 Å². The van der Waals surface area contributed by atoms with Gasteiger partial charge < -0.3 is 15.5 Å². The van der Waals surface area contributed by atoms with Crippen molar-refractivity contribution in [1.82, 2.24) is 0 Å². The fraction of sp³-hybridized carbons (Fsp3) is 0.364. The maximum atomic E-state index is 12.5. The summed E-state index contributed by atoms with van der Waals surface area (Å²) >= 11 is 5.34. The fourth-order valence-electron chi connectivity index (χ4n) is 1.34. The number of anilines is 1. The molecule has 1 aromatic rings. The summed E-state index contributed by atoms with van der Waals surface area (Å²) in [5.74, 6) is -1.48. The molecule has 8 heteroatoms. The van der Waals surface area contributed by atoms with Crippen LogP contribution in [0.15, 0.2) is 18.2 Å². The molecule has 3 N–H and O–H groups in total. The highest BCUT2D eigenvalue weighted by atomic mass is 35.5. The summed E-state index contributed by atoms with van der Waals surface area (Å²) in [4.78, 5) is 10.9. The molecule has 0 saturated carbocycles. The predicted octanol–water partition coefficient (Wildman–Crippen LogP) is 2.42. The second-order valence-electron chi connectivity index (χ2n) is 3.75. The van der Waals surface area contributed by atoms with Gasteiger partial charge in [0.05, 0.1) is 23.1 Å². The van der Waals surface area contributed by atoms with Crippen LogP contribution in [0.3, 0.4) is 0 Å². The fourth-order valence-corrected chi connectivity index (χ4v) is 1.44. The topological polar surface area (TPSA) is 69.6 Å². The highest BCUT2D eigenvalue weighted by molar-refractivity contribution is 6.18. The largest absolute Gasteiger partial charge is 0.478 e. The number of nitrogens with one attached hydrogen (secondary N) is 1. The minimum atomic E-state index is -4.57. The van der Waals surface area contributed by atoms with E-state index >= 15 is 0 Å². The molecule has 1 unspecified atom stereocenters. The standard InChI is InChI=1S/C11H11ClF3NO3/c12-4-7(17)5-16-9-3-6(11(13,14)15)1-2-8(9)10(18)19/h1-3,7,16-17H,4-5H2,(H,18,19). The van der Waals surface area contributed by atoms with Gasteiger partial charge >= 0.3 is 12.1 Å². The van der Waals surface area contributed by atoms with E-state index in [4.69, 9.17) is 16.7 Å². The smallest absolute Gasteiger partial charge is 0.416 e. The summed E-state index contributed by atoms with van der Waals surface area (Å²) in [6, 6.07) is 2.23. The number of aromatic carboxylic acids is 1. The lowest BCUT2D eigenvalue weighted by Gasteiger charge is -2.14. The van der Waals surface area contributed by atoms with E-state index in [1.54, 1.807) is 0 Å². The van der Waals surface area contributed by atoms with Crippen LogP contribution in [-0.4, -0.2) is 34.7 Å². The maximum absolute atomic E-state index is 12.5. The molecule has 0 aromatic heterocycles. The van der Waals surface area contributed by atoms with Crippen LogP contribution in [-0.2, 0) is 6.18 Å². The summed E-state index contributed by atoms with van der Waals surface area (Å²) in [7, 11) is 0. The number of hydrogen-bond donors (Lipinski definition) is 3. The SMILES string of the molecule is O=C(O)c1ccc(C(F)(F)F)cc1NCC(O)CCl. The Morgan fingerprint density at radius 3 is 2.53 bits per heavy atom. The molecule has 1 atom stereocenters. The molecule has 106 valence electrons. The molecule has 0 spiro atoms. The Bertz CT molecular complexity index is 465. The highest BCUT2D eigenvalue weighted by Crippen LogP contribution is 2.32. The number of hydrogen-bond acceptors (Lipinski definition) is 3. The highest BCUT2D eigenvalue weighted by Gasteiger charge is 2.31. The Morgan fingerprint density at radius 1 is 1.42 bits per heavy atom. The Kier molecular flexibility index (Phi) is 5.02. The van der Waals surface area contributed by atoms with Gasteiger partial charge in [-0.3, -0.25) is 0 Å². The van der Waals surface area contributed by atoms with Crippen molar-refractivity contribution in [3.05, 3.63) is 29.3 Å². The third-order valence-electron chi connectivity index (χ3n) is 2.28. The number of alkyl halides is 4. The molecule has 0 aliphatic rings. The molecular formula is C11H11ClF3NO3. The number of carboxylic acid groups (broad SMARTS) is 1. The number of aliphatic hydroxyl groups excluding tert-OH is 1. The summed E-state index contributed by atoms with van der Waals surface area (Å²) in [6.45, 7) is -0.148. The molecule has 0 aliphatic carbocycles. The van der Waals surface area contributed by atoms with Crippen molar-refractivity contribution in [2.45, 2.75) is 12.3 Å². The number of benzene rings is 1. The predicted molar refractivity (Wildman–Crippen MR) is 63.6 cm³/mol. The first kappa shape index (κ1) is 15.6. The zero-order valence-electron chi connectivity index (χ0n) is 9.54. The van der Waals surface area contributed by atoms with E-state index in [1.807, 2.05) is 0 Å². The number of rotatable bonds is 5. The van der Waals surface area contributed by atoms with Crippen LogP contribution in [0.2, 0.25) is 0 Å². The zero-order valence-corrected chi connectivity index (χ0v) is 10.3. The van der Waals surface area contributed by atoms with E-state index in [9.17, 15) is 23.1 Å². The van der Waals surface area contributed by atoms with Crippen molar-refractivity contribution in [3.8, 4) is 0 Å². The number of halogens is 4. The first-order valence-electron chi connectivity index (χ1n) is 5.18. The van der Waals surface area contributed by atoms with Gasteiger partial charge in [-0.05, 0) is 18.2 Å². The molecule has 19 heavy (non-hydrogen) atoms. The van der Waals surface area contributed by atoms with Gasteiger partial charge in [0, 0.05) is 12.2 Å². The summed E-state index contributed by atoms with van der Waals surface area (Å²) in [5.41, 5.74) is -1.50. The van der Waals surface area contributed by atoms with Crippen LogP contribution in [0, 0.1) is 0 Å². The quantitative estimate of drug-likeness (QED) is 0.730. The van der Waals surface area contributed by atoms with E-state index in [-0.39, 0.29) is 23.7 Å². The lowest BCUT2D eigenvalue weighted by Crippen LogP contribution is -2.22. The molecule has 0 radical (unpaired) electrons. The van der Waals surface area contributed by atoms with Gasteiger partial charge in [-0.15, -0.1) is 11.6 Å². The summed E-state index contributed by atoms with van der Waals surface area (Å²) in [6.07, 6.45) is -5.56. The van der Waals surface area contributed by atoms with Gasteiger partial charge in [0.2, 0.25) is 0 Å². The van der Waals surface area contributed by atoms with E-state index < -0.39 is 23.8 Å². The van der Waals surface area contributed by atoms with E-state index in [0.29, 0.717) is 12.1 Å². The molecule has 0 fully saturated rings. The molecule has 0 saturated heterocycles. The second-order valence-corrected chi connectivity index (χ2v) is 4.06. The molecule has 0 bridgehead atoms. The summed E-state index contributed by atoms with van der Waals surface area (Å²) < 4.78 is 37.6. The lowest BCUT2D eigenvalue weighted by molar-refractivity contribution is -0.137. The molecule has 1 rings (SSSR count). The number of carbonyl (C=O) groups is 1. The average Bonchev–Trinajstić information content (AvgIpc) is 2.34. The molecule has 0 heterocycles. The average molecular weight is 298 g/mol. The van der Waals surface area contributed by atoms with Crippen LogP contribution in [0.5, 0.6) is 0 Å². The number of aliphatic hydroxyl groups is 1. The van der Waals surface area contributed by atoms with E-state index in [0.717, 1.165) is 6.07 Å². The van der Waals surface area contributed by atoms with Gasteiger partial charge in [-0.25, -0.2) is 4.79 Å². The third-order valence-corrected chi connectivity index (χ3v) is 2.64. The van der Waals surface area contributed by atoms with Crippen LogP contribution < -0.4 is 5.32 Å². The second kappa shape index (κ2) is 6.12. The lowest BCUT2D eigenvalue weighted by atomic mass is 10.1. The van der Waals surface area contributed by atoms with Gasteiger partial charge in [-0.1, -0.05) is 0 Å². The number of carboxylic acids is 1. The first-order valence-corrected chi connectivity index (χ1v) is 5.71. The molecular weight excluding hydrogens is 287 g/mol. The van der Waals surface area contributed by atoms with Crippen LogP contribution in [0.4, 0.5) is 18.9 Å². The molecule has 1 aromatic carbocycles. The minimum absolute atomic E-state index is 0.117. The van der Waals surface area contributed by atoms with Crippen molar-refractivity contribution in [1.29, 1.82) is 0 Å². The Balaban J connectivity index is 3.06. The monoisotopic (exact) mass is 297 g/mol. The van der Waals surface area contributed by atoms with Gasteiger partial charge in [0.15, 0.2) is 0 Å². The van der Waals surface area contributed by atoms with E-state index in [1.165, 1.54) is 0 Å².